The Labute approximate surface area is 614 Å². The molecule has 4 fully saturated rings. The van der Waals surface area contributed by atoms with E-state index >= 15 is 0 Å². The Morgan fingerprint density at radius 3 is 1.08 bits per heavy atom. The van der Waals surface area contributed by atoms with Gasteiger partial charge in [0.05, 0.1) is 76.5 Å². The summed E-state index contributed by atoms with van der Waals surface area (Å²) in [6.45, 7) is 2.39. The van der Waals surface area contributed by atoms with Crippen LogP contribution in [0.25, 0.3) is 0 Å². The van der Waals surface area contributed by atoms with Crippen LogP contribution in [0.15, 0.2) is 231 Å². The van der Waals surface area contributed by atoms with Gasteiger partial charge in [-0.25, -0.2) is 33.6 Å². The number of ether oxygens (including phenoxy) is 16. The molecule has 15 rings (SSSR count). The normalized spacial score (nSPS) is 24.4. The maximum atomic E-state index is 14.8. The summed E-state index contributed by atoms with van der Waals surface area (Å²) in [7, 11) is 0. The minimum atomic E-state index is -1.99. The SMILES string of the molecule is CCCC1OC[C@H]2O[C@@H](OCc3c(OC(=O)c4ccccc4)ccc4c3Oc3c(ccc(OC(=O)c5ccccc5)c3CO[C@@H]3O[C@@H]5COC(CCC)O[C@H]5[C@H](OC(=O)c5ccccc5)[C@H]3OC(=O)c3ccccc3)C43OC(=O)c4ccccc43)[C@H](OC(=O)c3ccccc3)[C@@H](OC(=O)c3ccccc3)[C@@H]2O1. The molecule has 0 radical (unpaired) electrons. The van der Waals surface area contributed by atoms with Crippen LogP contribution in [-0.2, 0) is 80.4 Å². The lowest BCUT2D eigenvalue weighted by molar-refractivity contribution is -0.359. The standard InChI is InChI=1S/C84H72O23/c1-3-25-65-92-47-63-69(100-65)71(103-77(87)51-31-15-7-16-32-51)73(105-79(89)53-35-19-9-20-36-53)82(98-63)94-45-56-61(96-75(85)49-27-11-5-12-28-49)43-41-59-67(56)102-68-57(62(97-76(86)50-29-13-6-14-30-50)44-42-60(68)84(59)58-40-24-23-39-55(58)81(91)107-84)46-95-83-74(106-80(90)54-37-21-10-22-38-54)72(104-78(88)52-33-17-8-18-34-52)70-64(99-83)48-93-66(101-70)26-4-2/h5-24,27-44,63-66,69-74,82-83H,3-4,25-26,45-48H2,1-2H3/t63-,64-,65?,66?,69-,70-,71+,72+,73-,74-,82-,83-,84?/m1/s1. The zero-order valence-electron chi connectivity index (χ0n) is 57.9. The Balaban J connectivity index is 0.883. The molecule has 1 spiro atoms. The Bertz CT molecular complexity index is 4450. The van der Waals surface area contributed by atoms with Crippen molar-refractivity contribution in [2.24, 2.45) is 0 Å². The second-order valence-electron chi connectivity index (χ2n) is 26.0. The summed E-state index contributed by atoms with van der Waals surface area (Å²) in [5.41, 5.74) is -0.334. The fraction of sp³-hybridized carbons (Fsp3) is 0.274. The lowest BCUT2D eigenvalue weighted by atomic mass is 9.76. The molecular formula is C84H72O23. The Morgan fingerprint density at radius 1 is 0.383 bits per heavy atom. The van der Waals surface area contributed by atoms with Crippen LogP contribution in [0.1, 0.15) is 140 Å². The highest BCUT2D eigenvalue weighted by Crippen LogP contribution is 2.60. The number of hydrogen-bond acceptors (Lipinski definition) is 23. The van der Waals surface area contributed by atoms with E-state index in [0.29, 0.717) is 31.2 Å². The molecule has 0 amide bonds. The van der Waals surface area contributed by atoms with Crippen molar-refractivity contribution in [3.63, 3.8) is 0 Å². The first-order chi connectivity index (χ1) is 52.3. The number of carbonyl (C=O) groups is 7. The molecule has 23 nitrogen and oxygen atoms in total. The van der Waals surface area contributed by atoms with Crippen molar-refractivity contribution in [3.05, 3.63) is 297 Å². The second-order valence-corrected chi connectivity index (χ2v) is 26.0. The van der Waals surface area contributed by atoms with E-state index in [1.807, 2.05) is 13.8 Å². The summed E-state index contributed by atoms with van der Waals surface area (Å²) in [6.07, 6.45) is -13.0. The van der Waals surface area contributed by atoms with Crippen molar-refractivity contribution >= 4 is 41.8 Å². The van der Waals surface area contributed by atoms with Crippen LogP contribution in [0.4, 0.5) is 0 Å². The van der Waals surface area contributed by atoms with E-state index in [0.717, 1.165) is 0 Å². The molecule has 4 saturated heterocycles. The van der Waals surface area contributed by atoms with E-state index in [2.05, 4.69) is 0 Å². The fourth-order valence-electron chi connectivity index (χ4n) is 13.9. The highest BCUT2D eigenvalue weighted by atomic mass is 16.8. The number of benzene rings is 9. The predicted octanol–water partition coefficient (Wildman–Crippen LogP) is 13.2. The molecule has 546 valence electrons. The minimum absolute atomic E-state index is 0.0390. The summed E-state index contributed by atoms with van der Waals surface area (Å²) in [5.74, 6) is -6.26. The van der Waals surface area contributed by atoms with Gasteiger partial charge < -0.3 is 75.8 Å². The van der Waals surface area contributed by atoms with Gasteiger partial charge in [0.2, 0.25) is 0 Å². The van der Waals surface area contributed by atoms with Gasteiger partial charge in [-0.1, -0.05) is 154 Å². The molecule has 9 aromatic rings. The van der Waals surface area contributed by atoms with Gasteiger partial charge in [0.25, 0.3) is 0 Å². The Morgan fingerprint density at radius 2 is 0.720 bits per heavy atom. The van der Waals surface area contributed by atoms with Gasteiger partial charge in [-0.3, -0.25) is 0 Å². The number of hydrogen-bond donors (Lipinski definition) is 0. The van der Waals surface area contributed by atoms with Crippen LogP contribution in [0.5, 0.6) is 23.0 Å². The Hall–Kier alpha value is -11.3. The lowest BCUT2D eigenvalue weighted by Crippen LogP contribution is -2.65. The summed E-state index contributed by atoms with van der Waals surface area (Å²) in [5, 5.41) is 0. The first-order valence-corrected chi connectivity index (χ1v) is 35.3. The van der Waals surface area contributed by atoms with Crippen LogP contribution in [-0.4, -0.2) is 129 Å². The molecule has 9 aromatic carbocycles. The number of fused-ring (bicyclic) bond motifs is 8. The van der Waals surface area contributed by atoms with Gasteiger partial charge in [0, 0.05) is 16.7 Å². The predicted molar refractivity (Wildman–Crippen MR) is 376 cm³/mol. The zero-order chi connectivity index (χ0) is 73.5. The molecule has 6 aliphatic rings. The monoisotopic (exact) mass is 1450 g/mol. The van der Waals surface area contributed by atoms with Crippen LogP contribution >= 0.6 is 0 Å². The highest BCUT2D eigenvalue weighted by molar-refractivity contribution is 5.98. The number of rotatable bonds is 22. The molecule has 0 aliphatic carbocycles. The van der Waals surface area contributed by atoms with Gasteiger partial charge in [-0.2, -0.15) is 0 Å². The molecule has 2 unspecified atom stereocenters. The van der Waals surface area contributed by atoms with E-state index in [1.165, 1.54) is 12.1 Å². The third-order valence-corrected chi connectivity index (χ3v) is 19.1. The van der Waals surface area contributed by atoms with Crippen molar-refractivity contribution in [1.82, 2.24) is 0 Å². The molecule has 0 bridgehead atoms. The zero-order valence-corrected chi connectivity index (χ0v) is 57.9. The highest BCUT2D eigenvalue weighted by Gasteiger charge is 2.59. The molecular weight excluding hydrogens is 1380 g/mol. The first-order valence-electron chi connectivity index (χ1n) is 35.3. The van der Waals surface area contributed by atoms with Gasteiger partial charge >= 0.3 is 41.8 Å². The Kier molecular flexibility index (Phi) is 21.2. The van der Waals surface area contributed by atoms with E-state index < -0.39 is 135 Å². The van der Waals surface area contributed by atoms with Crippen LogP contribution in [0.3, 0.4) is 0 Å². The largest absolute Gasteiger partial charge is 0.455 e. The van der Waals surface area contributed by atoms with Crippen LogP contribution in [0, 0.1) is 0 Å². The maximum Gasteiger partial charge on any atom is 0.343 e. The molecule has 0 saturated carbocycles. The summed E-state index contributed by atoms with van der Waals surface area (Å²) in [6, 6.07) is 61.9. The summed E-state index contributed by atoms with van der Waals surface area (Å²) >= 11 is 0. The molecule has 0 aromatic heterocycles. The summed E-state index contributed by atoms with van der Waals surface area (Å²) < 4.78 is 106. The molecule has 6 heterocycles. The summed E-state index contributed by atoms with van der Waals surface area (Å²) in [4.78, 5) is 102. The van der Waals surface area contributed by atoms with Gasteiger partial charge in [-0.05, 0) is 116 Å². The minimum Gasteiger partial charge on any atom is -0.455 e. The maximum absolute atomic E-state index is 14.8. The number of carbonyl (C=O) groups excluding carboxylic acids is 7. The van der Waals surface area contributed by atoms with Crippen molar-refractivity contribution in [3.8, 4) is 23.0 Å². The van der Waals surface area contributed by atoms with E-state index in [9.17, 15) is 33.6 Å². The van der Waals surface area contributed by atoms with Crippen LogP contribution in [0.2, 0.25) is 0 Å². The second kappa shape index (κ2) is 31.8. The average molecular weight is 1450 g/mol. The number of esters is 7. The van der Waals surface area contributed by atoms with Gasteiger partial charge in [0.15, 0.2) is 55.2 Å². The van der Waals surface area contributed by atoms with Crippen molar-refractivity contribution in [2.45, 2.75) is 132 Å². The van der Waals surface area contributed by atoms with Gasteiger partial charge in [-0.15, -0.1) is 0 Å². The fourth-order valence-corrected chi connectivity index (χ4v) is 13.9. The third-order valence-electron chi connectivity index (χ3n) is 19.1. The molecule has 12 atom stereocenters. The average Bonchev–Trinajstić information content (AvgIpc) is 1.61. The molecule has 6 aliphatic heterocycles. The van der Waals surface area contributed by atoms with Gasteiger partial charge in [0.1, 0.15) is 47.4 Å². The smallest absolute Gasteiger partial charge is 0.343 e. The van der Waals surface area contributed by atoms with E-state index in [4.69, 9.17) is 75.8 Å². The molecule has 23 heteroatoms. The van der Waals surface area contributed by atoms with Crippen molar-refractivity contribution in [1.29, 1.82) is 0 Å². The van der Waals surface area contributed by atoms with Crippen molar-refractivity contribution in [2.75, 3.05) is 13.2 Å². The third kappa shape index (κ3) is 14.8. The van der Waals surface area contributed by atoms with Crippen molar-refractivity contribution < 1.29 is 109 Å². The quantitative estimate of drug-likeness (QED) is 0.0346. The topological polar surface area (TPSA) is 267 Å². The van der Waals surface area contributed by atoms with E-state index in [1.54, 1.807) is 218 Å². The van der Waals surface area contributed by atoms with E-state index in [-0.39, 0.29) is 97.4 Å². The molecule has 0 N–H and O–H groups in total. The molecule has 107 heavy (non-hydrogen) atoms. The lowest BCUT2D eigenvalue weighted by Gasteiger charge is -2.48. The first kappa shape index (κ1) is 71.4. The van der Waals surface area contributed by atoms with Crippen LogP contribution < -0.4 is 14.2 Å².